The van der Waals surface area contributed by atoms with Gasteiger partial charge in [-0.1, -0.05) is 238 Å². The van der Waals surface area contributed by atoms with Gasteiger partial charge >= 0.3 is 17.9 Å². The Morgan fingerprint density at radius 2 is 0.644 bits per heavy atom. The molecule has 6 heteroatoms. The van der Waals surface area contributed by atoms with E-state index in [0.29, 0.717) is 19.3 Å². The summed E-state index contributed by atoms with van der Waals surface area (Å²) in [5.74, 6) is -0.872. The Labute approximate surface area is 366 Å². The van der Waals surface area contributed by atoms with Gasteiger partial charge in [-0.2, -0.15) is 0 Å². The maximum atomic E-state index is 12.8. The van der Waals surface area contributed by atoms with E-state index in [1.54, 1.807) is 0 Å². The highest BCUT2D eigenvalue weighted by Crippen LogP contribution is 2.16. The van der Waals surface area contributed by atoms with Crippen LogP contribution in [0.4, 0.5) is 0 Å². The zero-order valence-corrected chi connectivity index (χ0v) is 39.5. The molecular weight excluding hydrogens is 733 g/mol. The van der Waals surface area contributed by atoms with E-state index in [0.717, 1.165) is 89.9 Å². The summed E-state index contributed by atoms with van der Waals surface area (Å²) in [5.41, 5.74) is 0. The van der Waals surface area contributed by atoms with Crippen molar-refractivity contribution in [3.8, 4) is 0 Å². The van der Waals surface area contributed by atoms with Gasteiger partial charge in [0.05, 0.1) is 0 Å². The molecule has 1 atom stereocenters. The van der Waals surface area contributed by atoms with Crippen LogP contribution in [0.1, 0.15) is 278 Å². The number of hydrogen-bond acceptors (Lipinski definition) is 6. The molecule has 0 aromatic carbocycles. The number of rotatable bonds is 47. The van der Waals surface area contributed by atoms with E-state index in [2.05, 4.69) is 45.1 Å². The fourth-order valence-electron chi connectivity index (χ4n) is 7.54. The van der Waals surface area contributed by atoms with Crippen LogP contribution in [0.25, 0.3) is 0 Å². The average molecular weight is 831 g/mol. The van der Waals surface area contributed by atoms with Gasteiger partial charge in [-0.05, 0) is 44.9 Å². The van der Waals surface area contributed by atoms with Crippen molar-refractivity contribution in [2.75, 3.05) is 13.2 Å². The lowest BCUT2D eigenvalue weighted by atomic mass is 10.0. The fraction of sp³-hybridized carbons (Fsp3) is 0.868. The molecule has 0 aliphatic heterocycles. The first-order valence-corrected chi connectivity index (χ1v) is 25.8. The fourth-order valence-corrected chi connectivity index (χ4v) is 7.54. The Bertz CT molecular complexity index is 958. The summed E-state index contributed by atoms with van der Waals surface area (Å²) in [7, 11) is 0. The van der Waals surface area contributed by atoms with Crippen LogP contribution in [0.3, 0.4) is 0 Å². The molecule has 0 amide bonds. The van der Waals surface area contributed by atoms with Crippen LogP contribution in [0.15, 0.2) is 24.3 Å². The molecule has 1 unspecified atom stereocenters. The SMILES string of the molecule is CCC/C=C\C/C=C\CCCCCCCC(=O)OC(COC(=O)CCCCCCCCCCCCCCC)COC(=O)CCCCCCCCCCCCCCCCC. The van der Waals surface area contributed by atoms with Crippen LogP contribution >= 0.6 is 0 Å². The molecule has 0 heterocycles. The molecule has 0 aromatic rings. The second kappa shape index (κ2) is 48.6. The predicted octanol–water partition coefficient (Wildman–Crippen LogP) is 16.8. The summed E-state index contributed by atoms with van der Waals surface area (Å²) in [5, 5.41) is 0. The summed E-state index contributed by atoms with van der Waals surface area (Å²) < 4.78 is 16.8. The van der Waals surface area contributed by atoms with E-state index in [1.165, 1.54) is 148 Å². The minimum absolute atomic E-state index is 0.0722. The zero-order chi connectivity index (χ0) is 43.0. The Morgan fingerprint density at radius 3 is 1.00 bits per heavy atom. The molecule has 0 rings (SSSR count). The number of carbonyl (C=O) groups excluding carboxylic acids is 3. The lowest BCUT2D eigenvalue weighted by Gasteiger charge is -2.18. The molecule has 0 aliphatic rings. The first-order valence-electron chi connectivity index (χ1n) is 25.8. The molecule has 0 N–H and O–H groups in total. The molecule has 0 aliphatic carbocycles. The van der Waals surface area contributed by atoms with Crippen molar-refractivity contribution in [2.24, 2.45) is 0 Å². The largest absolute Gasteiger partial charge is 0.462 e. The third-order valence-corrected chi connectivity index (χ3v) is 11.4. The lowest BCUT2D eigenvalue weighted by Crippen LogP contribution is -2.30. The topological polar surface area (TPSA) is 78.9 Å². The highest BCUT2D eigenvalue weighted by molar-refractivity contribution is 5.71. The van der Waals surface area contributed by atoms with E-state index >= 15 is 0 Å². The van der Waals surface area contributed by atoms with Gasteiger partial charge in [0.15, 0.2) is 6.10 Å². The van der Waals surface area contributed by atoms with E-state index in [-0.39, 0.29) is 31.1 Å². The standard InChI is InChI=1S/C53H98O6/c1-4-7-10-13-16-19-22-25-26-29-31-34-37-40-43-46-52(55)58-49-50(59-53(56)47-44-41-38-35-32-28-24-21-18-15-12-9-6-3)48-57-51(54)45-42-39-36-33-30-27-23-20-17-14-11-8-5-2/h12,15,21,24,50H,4-11,13-14,16-20,22-23,25-49H2,1-3H3/b15-12-,24-21-. The Balaban J connectivity index is 4.34. The van der Waals surface area contributed by atoms with E-state index in [4.69, 9.17) is 14.2 Å². The molecule has 0 aromatic heterocycles. The van der Waals surface area contributed by atoms with Crippen LogP contribution < -0.4 is 0 Å². The molecule has 0 bridgehead atoms. The number of allylic oxidation sites excluding steroid dienone is 4. The molecule has 346 valence electrons. The quantitative estimate of drug-likeness (QED) is 0.0263. The highest BCUT2D eigenvalue weighted by atomic mass is 16.6. The Morgan fingerprint density at radius 1 is 0.339 bits per heavy atom. The molecule has 6 nitrogen and oxygen atoms in total. The minimum atomic E-state index is -0.772. The van der Waals surface area contributed by atoms with Gasteiger partial charge in [0, 0.05) is 19.3 Å². The summed E-state index contributed by atoms with van der Waals surface area (Å²) in [6.07, 6.45) is 54.4. The smallest absolute Gasteiger partial charge is 0.306 e. The van der Waals surface area contributed by atoms with Crippen molar-refractivity contribution in [3.05, 3.63) is 24.3 Å². The molecule has 0 saturated heterocycles. The molecule has 0 saturated carbocycles. The lowest BCUT2D eigenvalue weighted by molar-refractivity contribution is -0.167. The van der Waals surface area contributed by atoms with E-state index in [9.17, 15) is 14.4 Å². The molecule has 0 radical (unpaired) electrons. The van der Waals surface area contributed by atoms with Gasteiger partial charge in [0.25, 0.3) is 0 Å². The number of carbonyl (C=O) groups is 3. The van der Waals surface area contributed by atoms with Crippen LogP contribution in [0.2, 0.25) is 0 Å². The van der Waals surface area contributed by atoms with Crippen molar-refractivity contribution in [2.45, 2.75) is 284 Å². The van der Waals surface area contributed by atoms with Crippen LogP contribution in [-0.2, 0) is 28.6 Å². The van der Waals surface area contributed by atoms with Crippen molar-refractivity contribution in [3.63, 3.8) is 0 Å². The monoisotopic (exact) mass is 831 g/mol. The number of esters is 3. The number of unbranched alkanes of at least 4 members (excludes halogenated alkanes) is 32. The maximum absolute atomic E-state index is 12.8. The third-order valence-electron chi connectivity index (χ3n) is 11.4. The zero-order valence-electron chi connectivity index (χ0n) is 39.5. The van der Waals surface area contributed by atoms with Crippen molar-refractivity contribution < 1.29 is 28.6 Å². The Kier molecular flexibility index (Phi) is 46.8. The van der Waals surface area contributed by atoms with Crippen molar-refractivity contribution >= 4 is 17.9 Å². The van der Waals surface area contributed by atoms with Gasteiger partial charge in [0.2, 0.25) is 0 Å². The number of ether oxygens (including phenoxy) is 3. The minimum Gasteiger partial charge on any atom is -0.462 e. The Hall–Kier alpha value is -2.11. The van der Waals surface area contributed by atoms with Crippen LogP contribution in [-0.4, -0.2) is 37.2 Å². The summed E-state index contributed by atoms with van der Waals surface area (Å²) in [4.78, 5) is 37.9. The molecular formula is C53H98O6. The van der Waals surface area contributed by atoms with Crippen molar-refractivity contribution in [1.82, 2.24) is 0 Å². The first-order chi connectivity index (χ1) is 29.0. The second-order valence-corrected chi connectivity index (χ2v) is 17.4. The second-order valence-electron chi connectivity index (χ2n) is 17.4. The molecule has 0 fully saturated rings. The molecule has 0 spiro atoms. The summed E-state index contributed by atoms with van der Waals surface area (Å²) in [6.45, 7) is 6.59. The van der Waals surface area contributed by atoms with E-state index in [1.807, 2.05) is 0 Å². The van der Waals surface area contributed by atoms with Gasteiger partial charge in [-0.25, -0.2) is 0 Å². The average Bonchev–Trinajstić information content (AvgIpc) is 3.23. The summed E-state index contributed by atoms with van der Waals surface area (Å²) in [6, 6.07) is 0. The van der Waals surface area contributed by atoms with Gasteiger partial charge in [-0.3, -0.25) is 14.4 Å². The summed E-state index contributed by atoms with van der Waals surface area (Å²) >= 11 is 0. The normalized spacial score (nSPS) is 12.1. The van der Waals surface area contributed by atoms with Crippen molar-refractivity contribution in [1.29, 1.82) is 0 Å². The number of hydrogen-bond donors (Lipinski definition) is 0. The van der Waals surface area contributed by atoms with Gasteiger partial charge in [0.1, 0.15) is 13.2 Å². The molecule has 59 heavy (non-hydrogen) atoms. The van der Waals surface area contributed by atoms with Gasteiger partial charge in [-0.15, -0.1) is 0 Å². The predicted molar refractivity (Wildman–Crippen MR) is 252 cm³/mol. The maximum Gasteiger partial charge on any atom is 0.306 e. The first kappa shape index (κ1) is 56.9. The van der Waals surface area contributed by atoms with E-state index < -0.39 is 6.10 Å². The third kappa shape index (κ3) is 46.8. The van der Waals surface area contributed by atoms with Gasteiger partial charge < -0.3 is 14.2 Å². The highest BCUT2D eigenvalue weighted by Gasteiger charge is 2.19. The van der Waals surface area contributed by atoms with Crippen LogP contribution in [0, 0.1) is 0 Å². The van der Waals surface area contributed by atoms with Crippen LogP contribution in [0.5, 0.6) is 0 Å².